The van der Waals surface area contributed by atoms with Gasteiger partial charge < -0.3 is 40.8 Å². The third-order valence-corrected chi connectivity index (χ3v) is 1.96. The van der Waals surface area contributed by atoms with Crippen molar-refractivity contribution in [2.24, 2.45) is 0 Å². The highest BCUT2D eigenvalue weighted by Gasteiger charge is 2.11. The first-order valence-electron chi connectivity index (χ1n) is 5.83. The number of aromatic amines is 2. The molecule has 0 aromatic carbocycles. The largest absolute Gasteiger partial charge is 0.756 e. The lowest BCUT2D eigenvalue weighted by atomic mass is 10.2. The van der Waals surface area contributed by atoms with E-state index in [2.05, 4.69) is 9.97 Å². The lowest BCUT2D eigenvalue weighted by Gasteiger charge is -2.01. The maximum atomic E-state index is 8.77. The number of anilines is 2. The van der Waals surface area contributed by atoms with Gasteiger partial charge >= 0.3 is 0 Å². The highest BCUT2D eigenvalue weighted by atomic mass is 31.2. The fraction of sp³-hybridized carbons (Fsp3) is 0. The Hall–Kier alpha value is -1.88. The molecule has 14 heteroatoms. The van der Waals surface area contributed by atoms with Crippen molar-refractivity contribution in [3.8, 4) is 11.4 Å². The van der Waals surface area contributed by atoms with E-state index in [4.69, 9.17) is 50.0 Å². The summed E-state index contributed by atoms with van der Waals surface area (Å²) in [6.07, 6.45) is 3.50. The van der Waals surface area contributed by atoms with E-state index in [1.165, 1.54) is 0 Å². The highest BCUT2D eigenvalue weighted by molar-refractivity contribution is 7.43. The molecule has 0 atom stereocenters. The first-order valence-corrected chi connectivity index (χ1v) is 8.89. The van der Waals surface area contributed by atoms with Gasteiger partial charge in [-0.25, -0.2) is 9.97 Å². The van der Waals surface area contributed by atoms with Crippen LogP contribution in [0.4, 0.5) is 11.4 Å². The van der Waals surface area contributed by atoms with E-state index in [1.54, 1.807) is 12.4 Å². The molecule has 0 spiro atoms. The molecule has 0 saturated carbocycles. The molecule has 2 rings (SSSR count). The fourth-order valence-electron chi connectivity index (χ4n) is 1.21. The monoisotopic (exact) mass is 382 g/mol. The van der Waals surface area contributed by atoms with Crippen molar-refractivity contribution in [1.29, 1.82) is 0 Å². The van der Waals surface area contributed by atoms with Gasteiger partial charge in [0.2, 0.25) is 0 Å². The Balaban J connectivity index is 0.000000442. The minimum Gasteiger partial charge on any atom is -0.756 e. The number of hydrogen-bond acceptors (Lipinski definition) is 6. The second-order valence-corrected chi connectivity index (χ2v) is 6.01. The highest BCUT2D eigenvalue weighted by Crippen LogP contribution is 2.19. The number of nitrogen functional groups attached to an aromatic ring is 2. The minimum atomic E-state index is -4.89. The van der Waals surface area contributed by atoms with E-state index in [-0.39, 0.29) is 0 Å². The predicted octanol–water partition coefficient (Wildman–Crippen LogP) is -2.97. The second-order valence-electron chi connectivity index (χ2n) is 4.05. The summed E-state index contributed by atoms with van der Waals surface area (Å²) in [6, 6.07) is 7.51. The van der Waals surface area contributed by atoms with Gasteiger partial charge in [0.15, 0.2) is 12.4 Å². The van der Waals surface area contributed by atoms with Crippen molar-refractivity contribution in [2.75, 3.05) is 11.5 Å². The number of rotatable bonds is 1. The Morgan fingerprint density at radius 2 is 1.00 bits per heavy atom. The lowest BCUT2D eigenvalue weighted by Crippen LogP contribution is -2.15. The summed E-state index contributed by atoms with van der Waals surface area (Å²) in [5.41, 5.74) is 14.5. The average Bonchev–Trinajstić information content (AvgIpc) is 2.37. The molecule has 0 radical (unpaired) electrons. The second kappa shape index (κ2) is 9.42. The molecular formula is C10H16N4O8P2. The van der Waals surface area contributed by atoms with Gasteiger partial charge in [-0.1, -0.05) is 0 Å². The number of nitrogens with two attached hydrogens (primary N) is 2. The first-order chi connectivity index (χ1) is 10.8. The van der Waals surface area contributed by atoms with Crippen LogP contribution in [0.5, 0.6) is 0 Å². The van der Waals surface area contributed by atoms with Crippen molar-refractivity contribution in [1.82, 2.24) is 0 Å². The summed E-state index contributed by atoms with van der Waals surface area (Å²) in [4.78, 5) is 52.0. The van der Waals surface area contributed by atoms with Crippen LogP contribution in [0.3, 0.4) is 0 Å². The smallest absolute Gasteiger partial charge is 0.275 e. The van der Waals surface area contributed by atoms with Crippen LogP contribution in [0.25, 0.3) is 11.4 Å². The number of pyridine rings is 2. The van der Waals surface area contributed by atoms with Crippen molar-refractivity contribution < 1.29 is 48.5 Å². The Morgan fingerprint density at radius 1 is 0.750 bits per heavy atom. The maximum Gasteiger partial charge on any atom is 0.275 e. The molecule has 24 heavy (non-hydrogen) atoms. The third kappa shape index (κ3) is 15.0. The van der Waals surface area contributed by atoms with E-state index < -0.39 is 15.6 Å². The molecule has 12 nitrogen and oxygen atoms in total. The van der Waals surface area contributed by atoms with Crippen LogP contribution in [-0.4, -0.2) is 19.6 Å². The fourth-order valence-corrected chi connectivity index (χ4v) is 1.21. The summed E-state index contributed by atoms with van der Waals surface area (Å²) in [5.74, 6) is 0. The summed E-state index contributed by atoms with van der Waals surface area (Å²) in [6.45, 7) is 0. The number of hydrogen-bond donors (Lipinski definition) is 6. The zero-order chi connectivity index (χ0) is 19.0. The maximum absolute atomic E-state index is 8.77. The van der Waals surface area contributed by atoms with E-state index in [1.807, 2.05) is 24.3 Å². The molecule has 0 fully saturated rings. The van der Waals surface area contributed by atoms with Crippen LogP contribution in [0.15, 0.2) is 36.7 Å². The molecule has 0 saturated heterocycles. The molecule has 0 bridgehead atoms. The SMILES string of the molecule is Nc1ccc(-c2ccc(N)c[nH+]2)[nH+]c1.O=P([O-])(O)O.O=P([O-])(O)O. The van der Waals surface area contributed by atoms with Gasteiger partial charge in [-0.2, -0.15) is 0 Å². The van der Waals surface area contributed by atoms with Gasteiger partial charge in [0.1, 0.15) is 0 Å². The van der Waals surface area contributed by atoms with E-state index in [0.717, 1.165) is 11.4 Å². The average molecular weight is 382 g/mol. The Bertz CT molecular complexity index is 633. The Labute approximate surface area is 135 Å². The van der Waals surface area contributed by atoms with Crippen LogP contribution < -0.4 is 31.2 Å². The normalized spacial score (nSPS) is 10.8. The van der Waals surface area contributed by atoms with Gasteiger partial charge in [-0.15, -0.1) is 0 Å². The number of aromatic nitrogens is 2. The quantitative estimate of drug-likeness (QED) is 0.273. The Morgan fingerprint density at radius 3 is 1.17 bits per heavy atom. The van der Waals surface area contributed by atoms with E-state index in [0.29, 0.717) is 11.4 Å². The summed E-state index contributed by atoms with van der Waals surface area (Å²) < 4.78 is 17.5. The van der Waals surface area contributed by atoms with Crippen molar-refractivity contribution in [3.63, 3.8) is 0 Å². The molecule has 0 unspecified atom stereocenters. The topological polar surface area (TPSA) is 241 Å². The summed E-state index contributed by atoms with van der Waals surface area (Å²) >= 11 is 0. The number of H-pyrrole nitrogens is 2. The third-order valence-electron chi connectivity index (χ3n) is 1.96. The van der Waals surface area contributed by atoms with Gasteiger partial charge in [0.05, 0.1) is 11.4 Å². The molecule has 0 aliphatic heterocycles. The first kappa shape index (κ1) is 22.1. The van der Waals surface area contributed by atoms with E-state index >= 15 is 0 Å². The molecule has 0 aliphatic rings. The lowest BCUT2D eigenvalue weighted by molar-refractivity contribution is -0.401. The number of phosphoric acid groups is 2. The van der Waals surface area contributed by atoms with Gasteiger partial charge in [0, 0.05) is 12.1 Å². The van der Waals surface area contributed by atoms with Crippen LogP contribution in [-0.2, 0) is 9.13 Å². The molecule has 134 valence electrons. The van der Waals surface area contributed by atoms with Gasteiger partial charge in [0.25, 0.3) is 27.0 Å². The Kier molecular flexibility index (Phi) is 8.69. The van der Waals surface area contributed by atoms with Crippen molar-refractivity contribution in [3.05, 3.63) is 36.7 Å². The summed E-state index contributed by atoms with van der Waals surface area (Å²) in [5, 5.41) is 0. The van der Waals surface area contributed by atoms with Gasteiger partial charge in [-0.05, 0) is 12.1 Å². The molecule has 2 aromatic heterocycles. The zero-order valence-electron chi connectivity index (χ0n) is 11.9. The van der Waals surface area contributed by atoms with Crippen LogP contribution in [0, 0.1) is 0 Å². The van der Waals surface area contributed by atoms with Crippen molar-refractivity contribution in [2.45, 2.75) is 0 Å². The zero-order valence-corrected chi connectivity index (χ0v) is 13.7. The molecular weight excluding hydrogens is 366 g/mol. The molecule has 0 amide bonds. The molecule has 10 N–H and O–H groups in total. The number of nitrogens with one attached hydrogen (secondary N) is 2. The minimum absolute atomic E-state index is 0.712. The van der Waals surface area contributed by atoms with Crippen LogP contribution in [0.2, 0.25) is 0 Å². The van der Waals surface area contributed by atoms with E-state index in [9.17, 15) is 0 Å². The molecule has 0 aliphatic carbocycles. The van der Waals surface area contributed by atoms with Crippen LogP contribution in [0.1, 0.15) is 0 Å². The molecule has 2 heterocycles. The predicted molar refractivity (Wildman–Crippen MR) is 77.9 cm³/mol. The van der Waals surface area contributed by atoms with Crippen LogP contribution >= 0.6 is 15.6 Å². The summed E-state index contributed by atoms with van der Waals surface area (Å²) in [7, 11) is -9.78. The van der Waals surface area contributed by atoms with Crippen molar-refractivity contribution >= 4 is 27.0 Å². The van der Waals surface area contributed by atoms with Gasteiger partial charge in [-0.3, -0.25) is 9.13 Å². The standard InChI is InChI=1S/C10H10N4.2H3O4P/c11-7-1-3-9(13-5-7)10-4-2-8(12)6-14-10;2*1-5(2,3)4/h1-6H,11-12H2;2*(H3,1,2,3,4). The molecule has 2 aromatic rings.